The van der Waals surface area contributed by atoms with E-state index in [-0.39, 0.29) is 0 Å². The number of benzene rings is 1. The van der Waals surface area contributed by atoms with Crippen molar-refractivity contribution in [3.05, 3.63) is 46.3 Å². The van der Waals surface area contributed by atoms with Gasteiger partial charge in [0.2, 0.25) is 0 Å². The molecule has 0 aliphatic carbocycles. The van der Waals surface area contributed by atoms with Crippen molar-refractivity contribution in [3.8, 4) is 5.75 Å². The standard InChI is InChI=1S/C15H20N2O/c1-10-7-11(2)15(12(3)8-10)18-6-5-14-9-13(4)16-17-14/h7-9H,5-6H2,1-4H3,(H,16,17). The maximum atomic E-state index is 5.88. The molecule has 0 saturated carbocycles. The van der Waals surface area contributed by atoms with Crippen molar-refractivity contribution < 1.29 is 4.74 Å². The summed E-state index contributed by atoms with van der Waals surface area (Å²) < 4.78 is 5.88. The van der Waals surface area contributed by atoms with Gasteiger partial charge in [0.1, 0.15) is 5.75 Å². The van der Waals surface area contributed by atoms with E-state index >= 15 is 0 Å². The van der Waals surface area contributed by atoms with Crippen molar-refractivity contribution in [1.29, 1.82) is 0 Å². The lowest BCUT2D eigenvalue weighted by Gasteiger charge is -2.12. The molecule has 1 aromatic heterocycles. The number of nitrogens with one attached hydrogen (secondary N) is 1. The lowest BCUT2D eigenvalue weighted by molar-refractivity contribution is 0.316. The molecule has 18 heavy (non-hydrogen) atoms. The first-order chi connectivity index (χ1) is 8.56. The Morgan fingerprint density at radius 1 is 1.06 bits per heavy atom. The van der Waals surface area contributed by atoms with E-state index in [9.17, 15) is 0 Å². The van der Waals surface area contributed by atoms with Gasteiger partial charge in [0, 0.05) is 12.1 Å². The zero-order chi connectivity index (χ0) is 13.1. The van der Waals surface area contributed by atoms with Crippen LogP contribution in [0.25, 0.3) is 0 Å². The van der Waals surface area contributed by atoms with Gasteiger partial charge in [0.05, 0.1) is 12.3 Å². The van der Waals surface area contributed by atoms with E-state index in [2.05, 4.69) is 49.2 Å². The maximum absolute atomic E-state index is 5.88. The third-order valence-corrected chi connectivity index (χ3v) is 2.97. The molecule has 3 heteroatoms. The average molecular weight is 244 g/mol. The highest BCUT2D eigenvalue weighted by molar-refractivity contribution is 5.42. The molecule has 1 aromatic carbocycles. The maximum Gasteiger partial charge on any atom is 0.125 e. The Morgan fingerprint density at radius 3 is 2.28 bits per heavy atom. The van der Waals surface area contributed by atoms with Crippen molar-refractivity contribution in [2.45, 2.75) is 34.1 Å². The van der Waals surface area contributed by atoms with Gasteiger partial charge in [-0.05, 0) is 44.9 Å². The van der Waals surface area contributed by atoms with Crippen LogP contribution in [0.15, 0.2) is 18.2 Å². The monoisotopic (exact) mass is 244 g/mol. The minimum atomic E-state index is 0.662. The minimum absolute atomic E-state index is 0.662. The summed E-state index contributed by atoms with van der Waals surface area (Å²) >= 11 is 0. The highest BCUT2D eigenvalue weighted by Gasteiger charge is 2.05. The fourth-order valence-electron chi connectivity index (χ4n) is 2.25. The van der Waals surface area contributed by atoms with E-state index in [1.165, 1.54) is 16.7 Å². The summed E-state index contributed by atoms with van der Waals surface area (Å²) in [5.74, 6) is 1.01. The van der Waals surface area contributed by atoms with Crippen LogP contribution in [0.4, 0.5) is 0 Å². The molecule has 0 radical (unpaired) electrons. The Morgan fingerprint density at radius 2 is 1.72 bits per heavy atom. The number of rotatable bonds is 4. The van der Waals surface area contributed by atoms with Crippen LogP contribution in [0.2, 0.25) is 0 Å². The molecule has 2 aromatic rings. The van der Waals surface area contributed by atoms with Gasteiger partial charge in [-0.3, -0.25) is 5.10 Å². The molecule has 0 aliphatic rings. The molecule has 0 spiro atoms. The molecule has 0 amide bonds. The lowest BCUT2D eigenvalue weighted by Crippen LogP contribution is -2.04. The van der Waals surface area contributed by atoms with Gasteiger partial charge in [-0.1, -0.05) is 17.7 Å². The molecule has 96 valence electrons. The molecule has 1 heterocycles. The van der Waals surface area contributed by atoms with Crippen LogP contribution in [0.5, 0.6) is 5.75 Å². The third kappa shape index (κ3) is 2.92. The number of hydrogen-bond acceptors (Lipinski definition) is 2. The molecule has 0 aliphatic heterocycles. The van der Waals surface area contributed by atoms with Gasteiger partial charge in [-0.15, -0.1) is 0 Å². The van der Waals surface area contributed by atoms with E-state index in [0.29, 0.717) is 6.61 Å². The Bertz CT molecular complexity index is 520. The number of nitrogens with zero attached hydrogens (tertiary/aromatic N) is 1. The second-order valence-electron chi connectivity index (χ2n) is 4.87. The molecule has 0 bridgehead atoms. The number of aromatic amines is 1. The van der Waals surface area contributed by atoms with E-state index < -0.39 is 0 Å². The number of aryl methyl sites for hydroxylation is 4. The summed E-state index contributed by atoms with van der Waals surface area (Å²) in [7, 11) is 0. The predicted molar refractivity (Wildman–Crippen MR) is 73.2 cm³/mol. The average Bonchev–Trinajstić information content (AvgIpc) is 2.68. The Labute approximate surface area is 108 Å². The topological polar surface area (TPSA) is 37.9 Å². The van der Waals surface area contributed by atoms with Crippen molar-refractivity contribution in [2.75, 3.05) is 6.61 Å². The van der Waals surface area contributed by atoms with Gasteiger partial charge < -0.3 is 4.74 Å². The highest BCUT2D eigenvalue weighted by atomic mass is 16.5. The summed E-state index contributed by atoms with van der Waals surface area (Å²) in [6.07, 6.45) is 0.830. The summed E-state index contributed by atoms with van der Waals surface area (Å²) in [6, 6.07) is 6.36. The quantitative estimate of drug-likeness (QED) is 0.896. The van der Waals surface area contributed by atoms with Crippen LogP contribution in [0.3, 0.4) is 0 Å². The first-order valence-electron chi connectivity index (χ1n) is 6.28. The molecule has 0 unspecified atom stereocenters. The summed E-state index contributed by atoms with van der Waals surface area (Å²) in [5.41, 5.74) is 5.82. The highest BCUT2D eigenvalue weighted by Crippen LogP contribution is 2.24. The van der Waals surface area contributed by atoms with Crippen molar-refractivity contribution in [1.82, 2.24) is 10.2 Å². The fraction of sp³-hybridized carbons (Fsp3) is 0.400. The Balaban J connectivity index is 1.98. The lowest BCUT2D eigenvalue weighted by atomic mass is 10.1. The molecular formula is C15H20N2O. The van der Waals surface area contributed by atoms with Crippen molar-refractivity contribution in [2.24, 2.45) is 0 Å². The van der Waals surface area contributed by atoms with E-state index in [1.54, 1.807) is 0 Å². The summed E-state index contributed by atoms with van der Waals surface area (Å²) in [6.45, 7) is 8.96. The predicted octanol–water partition coefficient (Wildman–Crippen LogP) is 3.26. The van der Waals surface area contributed by atoms with Gasteiger partial charge in [-0.2, -0.15) is 5.10 Å². The van der Waals surface area contributed by atoms with Gasteiger partial charge in [0.25, 0.3) is 0 Å². The first kappa shape index (κ1) is 12.7. The van der Waals surface area contributed by atoms with Gasteiger partial charge in [-0.25, -0.2) is 0 Å². The van der Waals surface area contributed by atoms with Crippen LogP contribution >= 0.6 is 0 Å². The molecule has 0 atom stereocenters. The van der Waals surface area contributed by atoms with Gasteiger partial charge >= 0.3 is 0 Å². The van der Waals surface area contributed by atoms with Crippen molar-refractivity contribution in [3.63, 3.8) is 0 Å². The van der Waals surface area contributed by atoms with E-state index in [1.807, 2.05) is 6.92 Å². The second kappa shape index (κ2) is 5.25. The third-order valence-electron chi connectivity index (χ3n) is 2.97. The zero-order valence-electron chi connectivity index (χ0n) is 11.5. The smallest absolute Gasteiger partial charge is 0.125 e. The van der Waals surface area contributed by atoms with Crippen LogP contribution in [0.1, 0.15) is 28.1 Å². The Kier molecular flexibility index (Phi) is 3.70. The summed E-state index contributed by atoms with van der Waals surface area (Å²) in [5, 5.41) is 7.14. The Hall–Kier alpha value is -1.77. The minimum Gasteiger partial charge on any atom is -0.493 e. The van der Waals surface area contributed by atoms with Crippen LogP contribution in [-0.4, -0.2) is 16.8 Å². The van der Waals surface area contributed by atoms with Crippen LogP contribution in [-0.2, 0) is 6.42 Å². The SMILES string of the molecule is Cc1cc(C)c(OCCc2cc(C)[nH]n2)c(C)c1. The molecular weight excluding hydrogens is 224 g/mol. The molecule has 0 fully saturated rings. The first-order valence-corrected chi connectivity index (χ1v) is 6.28. The fourth-order valence-corrected chi connectivity index (χ4v) is 2.25. The van der Waals surface area contributed by atoms with Gasteiger partial charge in [0.15, 0.2) is 0 Å². The number of H-pyrrole nitrogens is 1. The largest absolute Gasteiger partial charge is 0.493 e. The number of ether oxygens (including phenoxy) is 1. The van der Waals surface area contributed by atoms with E-state index in [0.717, 1.165) is 23.6 Å². The van der Waals surface area contributed by atoms with Crippen LogP contribution in [0, 0.1) is 27.7 Å². The van der Waals surface area contributed by atoms with Crippen molar-refractivity contribution >= 4 is 0 Å². The number of aromatic nitrogens is 2. The van der Waals surface area contributed by atoms with E-state index in [4.69, 9.17) is 4.74 Å². The zero-order valence-corrected chi connectivity index (χ0v) is 11.5. The second-order valence-corrected chi connectivity index (χ2v) is 4.87. The van der Waals surface area contributed by atoms with Crippen LogP contribution < -0.4 is 4.74 Å². The molecule has 1 N–H and O–H groups in total. The normalized spacial score (nSPS) is 10.7. The molecule has 3 nitrogen and oxygen atoms in total. The summed E-state index contributed by atoms with van der Waals surface area (Å²) in [4.78, 5) is 0. The molecule has 0 saturated heterocycles. The number of hydrogen-bond donors (Lipinski definition) is 1. The molecule has 2 rings (SSSR count).